The van der Waals surface area contributed by atoms with Gasteiger partial charge in [0.1, 0.15) is 5.82 Å². The van der Waals surface area contributed by atoms with Crippen LogP contribution in [-0.2, 0) is 6.54 Å². The lowest BCUT2D eigenvalue weighted by Gasteiger charge is -2.25. The van der Waals surface area contributed by atoms with Crippen LogP contribution in [0, 0.1) is 5.92 Å². The molecule has 1 N–H and O–H groups in total. The Morgan fingerprint density at radius 2 is 2.20 bits per heavy atom. The Labute approximate surface area is 122 Å². The third-order valence-corrected chi connectivity index (χ3v) is 3.92. The van der Waals surface area contributed by atoms with Crippen LogP contribution >= 0.6 is 0 Å². The maximum absolute atomic E-state index is 5.91. The molecule has 112 valence electrons. The van der Waals surface area contributed by atoms with E-state index in [2.05, 4.69) is 36.1 Å². The van der Waals surface area contributed by atoms with E-state index in [-0.39, 0.29) is 0 Å². The van der Waals surface area contributed by atoms with E-state index in [4.69, 9.17) is 4.74 Å². The van der Waals surface area contributed by atoms with Crippen LogP contribution < -0.4 is 10.1 Å². The minimum Gasteiger partial charge on any atom is -0.490 e. The molecule has 0 radical (unpaired) electrons. The number of hydrogen-bond acceptors (Lipinski definition) is 4. The standard InChI is InChI=1S/C16H27N3O/c1-4-17-10-14-15(11-18-16(19-14)12(2)3)20-9-8-13-6-5-7-13/h11-13,17H,4-10H2,1-3H3. The van der Waals surface area contributed by atoms with Crippen molar-refractivity contribution in [2.75, 3.05) is 13.2 Å². The first-order valence-corrected chi connectivity index (χ1v) is 7.90. The van der Waals surface area contributed by atoms with E-state index in [1.54, 1.807) is 0 Å². The Morgan fingerprint density at radius 3 is 2.80 bits per heavy atom. The predicted octanol–water partition coefficient (Wildman–Crippen LogP) is 3.28. The van der Waals surface area contributed by atoms with Gasteiger partial charge in [0.05, 0.1) is 18.5 Å². The number of nitrogens with zero attached hydrogens (tertiary/aromatic N) is 2. The molecule has 20 heavy (non-hydrogen) atoms. The molecule has 0 atom stereocenters. The first-order chi connectivity index (χ1) is 9.70. The molecule has 1 aliphatic rings. The summed E-state index contributed by atoms with van der Waals surface area (Å²) in [5, 5.41) is 3.32. The molecular weight excluding hydrogens is 250 g/mol. The van der Waals surface area contributed by atoms with Crippen molar-refractivity contribution in [3.8, 4) is 5.75 Å². The van der Waals surface area contributed by atoms with Crippen LogP contribution in [0.4, 0.5) is 0 Å². The molecule has 0 aliphatic heterocycles. The molecule has 1 heterocycles. The van der Waals surface area contributed by atoms with E-state index in [1.807, 2.05) is 6.20 Å². The van der Waals surface area contributed by atoms with Crippen LogP contribution in [0.15, 0.2) is 6.20 Å². The van der Waals surface area contributed by atoms with E-state index in [1.165, 1.54) is 19.3 Å². The van der Waals surface area contributed by atoms with Crippen LogP contribution in [0.2, 0.25) is 0 Å². The zero-order valence-corrected chi connectivity index (χ0v) is 13.0. The van der Waals surface area contributed by atoms with Gasteiger partial charge in [-0.1, -0.05) is 40.0 Å². The number of nitrogens with one attached hydrogen (secondary N) is 1. The molecule has 4 nitrogen and oxygen atoms in total. The average Bonchev–Trinajstić information content (AvgIpc) is 2.39. The van der Waals surface area contributed by atoms with E-state index in [9.17, 15) is 0 Å². The third kappa shape index (κ3) is 4.17. The van der Waals surface area contributed by atoms with Gasteiger partial charge in [0.15, 0.2) is 5.75 Å². The molecule has 0 bridgehead atoms. The maximum atomic E-state index is 5.91. The van der Waals surface area contributed by atoms with Crippen molar-refractivity contribution in [3.63, 3.8) is 0 Å². The zero-order valence-electron chi connectivity index (χ0n) is 13.0. The first-order valence-electron chi connectivity index (χ1n) is 7.90. The van der Waals surface area contributed by atoms with Crippen LogP contribution in [0.1, 0.15) is 63.9 Å². The molecule has 1 fully saturated rings. The molecule has 1 saturated carbocycles. The summed E-state index contributed by atoms with van der Waals surface area (Å²) in [5.41, 5.74) is 0.985. The smallest absolute Gasteiger partial charge is 0.160 e. The molecule has 4 heteroatoms. The van der Waals surface area contributed by atoms with Crippen LogP contribution in [0.3, 0.4) is 0 Å². The van der Waals surface area contributed by atoms with E-state index in [0.29, 0.717) is 5.92 Å². The Kier molecular flexibility index (Phi) is 5.77. The predicted molar refractivity (Wildman–Crippen MR) is 81.0 cm³/mol. The minimum atomic E-state index is 0.347. The molecule has 1 aliphatic carbocycles. The van der Waals surface area contributed by atoms with Gasteiger partial charge in [-0.15, -0.1) is 0 Å². The highest BCUT2D eigenvalue weighted by molar-refractivity contribution is 5.25. The van der Waals surface area contributed by atoms with Gasteiger partial charge in [-0.3, -0.25) is 0 Å². The lowest BCUT2D eigenvalue weighted by atomic mass is 9.83. The maximum Gasteiger partial charge on any atom is 0.160 e. The second-order valence-electron chi connectivity index (χ2n) is 5.91. The van der Waals surface area contributed by atoms with Gasteiger partial charge in [-0.2, -0.15) is 0 Å². The average molecular weight is 277 g/mol. The third-order valence-electron chi connectivity index (χ3n) is 3.92. The van der Waals surface area contributed by atoms with Crippen LogP contribution in [0.5, 0.6) is 5.75 Å². The number of ether oxygens (including phenoxy) is 1. The van der Waals surface area contributed by atoms with Crippen molar-refractivity contribution >= 4 is 0 Å². The summed E-state index contributed by atoms with van der Waals surface area (Å²) in [6, 6.07) is 0. The molecular formula is C16H27N3O. The summed E-state index contributed by atoms with van der Waals surface area (Å²) in [4.78, 5) is 9.06. The molecule has 0 saturated heterocycles. The quantitative estimate of drug-likeness (QED) is 0.792. The summed E-state index contributed by atoms with van der Waals surface area (Å²) in [6.07, 6.45) is 7.14. The highest BCUT2D eigenvalue weighted by atomic mass is 16.5. The number of aromatic nitrogens is 2. The van der Waals surface area contributed by atoms with Crippen molar-refractivity contribution in [2.24, 2.45) is 5.92 Å². The Morgan fingerprint density at radius 1 is 1.40 bits per heavy atom. The van der Waals surface area contributed by atoms with Gasteiger partial charge in [0.25, 0.3) is 0 Å². The normalized spacial score (nSPS) is 15.4. The minimum absolute atomic E-state index is 0.347. The first kappa shape index (κ1) is 15.2. The number of hydrogen-bond donors (Lipinski definition) is 1. The fourth-order valence-electron chi connectivity index (χ4n) is 2.31. The van der Waals surface area contributed by atoms with Gasteiger partial charge < -0.3 is 10.1 Å². The van der Waals surface area contributed by atoms with E-state index >= 15 is 0 Å². The zero-order chi connectivity index (χ0) is 14.4. The molecule has 1 aromatic heterocycles. The second-order valence-corrected chi connectivity index (χ2v) is 5.91. The SMILES string of the molecule is CCNCc1nc(C(C)C)ncc1OCCC1CCC1. The molecule has 2 rings (SSSR count). The highest BCUT2D eigenvalue weighted by Gasteiger charge is 2.17. The Hall–Kier alpha value is -1.16. The molecule has 0 spiro atoms. The number of rotatable bonds is 8. The fourth-order valence-corrected chi connectivity index (χ4v) is 2.31. The van der Waals surface area contributed by atoms with Crippen molar-refractivity contribution in [1.29, 1.82) is 0 Å². The summed E-state index contributed by atoms with van der Waals surface area (Å²) in [5.74, 6) is 2.96. The molecule has 0 amide bonds. The summed E-state index contributed by atoms with van der Waals surface area (Å²) in [7, 11) is 0. The summed E-state index contributed by atoms with van der Waals surface area (Å²) in [6.45, 7) is 8.79. The topological polar surface area (TPSA) is 47.0 Å². The summed E-state index contributed by atoms with van der Waals surface area (Å²) >= 11 is 0. The van der Waals surface area contributed by atoms with Gasteiger partial charge in [0.2, 0.25) is 0 Å². The molecule has 0 aromatic carbocycles. The lowest BCUT2D eigenvalue weighted by molar-refractivity contribution is 0.219. The Bertz CT molecular complexity index is 416. The van der Waals surface area contributed by atoms with Gasteiger partial charge in [-0.05, 0) is 18.9 Å². The Balaban J connectivity index is 1.96. The van der Waals surface area contributed by atoms with Crippen molar-refractivity contribution in [3.05, 3.63) is 17.7 Å². The van der Waals surface area contributed by atoms with E-state index in [0.717, 1.165) is 49.3 Å². The monoisotopic (exact) mass is 277 g/mol. The van der Waals surface area contributed by atoms with Gasteiger partial charge >= 0.3 is 0 Å². The largest absolute Gasteiger partial charge is 0.490 e. The van der Waals surface area contributed by atoms with Crippen molar-refractivity contribution in [2.45, 2.75) is 58.9 Å². The van der Waals surface area contributed by atoms with Crippen LogP contribution in [-0.4, -0.2) is 23.1 Å². The van der Waals surface area contributed by atoms with E-state index < -0.39 is 0 Å². The van der Waals surface area contributed by atoms with Crippen molar-refractivity contribution < 1.29 is 4.74 Å². The lowest BCUT2D eigenvalue weighted by Crippen LogP contribution is -2.18. The van der Waals surface area contributed by atoms with Gasteiger partial charge in [-0.25, -0.2) is 9.97 Å². The van der Waals surface area contributed by atoms with Gasteiger partial charge in [0, 0.05) is 12.5 Å². The van der Waals surface area contributed by atoms with Crippen molar-refractivity contribution in [1.82, 2.24) is 15.3 Å². The molecule has 1 aromatic rings. The fraction of sp³-hybridized carbons (Fsp3) is 0.750. The highest BCUT2D eigenvalue weighted by Crippen LogP contribution is 2.29. The summed E-state index contributed by atoms with van der Waals surface area (Å²) < 4.78 is 5.91. The second kappa shape index (κ2) is 7.58. The molecule has 0 unspecified atom stereocenters. The van der Waals surface area contributed by atoms with Crippen LogP contribution in [0.25, 0.3) is 0 Å².